The highest BCUT2D eigenvalue weighted by molar-refractivity contribution is 7.99. The number of anilines is 1. The largest absolute Gasteiger partial charge is 0.465 e. The Bertz CT molecular complexity index is 954. The first kappa shape index (κ1) is 20.5. The van der Waals surface area contributed by atoms with E-state index in [1.165, 1.54) is 12.0 Å². The molecule has 0 bridgehead atoms. The summed E-state index contributed by atoms with van der Waals surface area (Å²) >= 11 is 8.40. The zero-order chi connectivity index (χ0) is 20.1. The van der Waals surface area contributed by atoms with Crippen molar-refractivity contribution in [3.8, 4) is 11.1 Å². The Kier molecular flexibility index (Phi) is 6.81. The number of halogens is 1. The molecule has 0 aromatic heterocycles. The van der Waals surface area contributed by atoms with Crippen molar-refractivity contribution in [3.63, 3.8) is 0 Å². The lowest BCUT2D eigenvalue weighted by Gasteiger charge is -2.19. The summed E-state index contributed by atoms with van der Waals surface area (Å²) in [7, 11) is 1.36. The number of rotatable bonds is 4. The van der Waals surface area contributed by atoms with Crippen molar-refractivity contribution >= 4 is 41.2 Å². The number of methoxy groups -OCH3 is 1. The van der Waals surface area contributed by atoms with Crippen LogP contribution in [0.25, 0.3) is 11.1 Å². The van der Waals surface area contributed by atoms with Crippen molar-refractivity contribution in [1.82, 2.24) is 0 Å². The van der Waals surface area contributed by atoms with E-state index in [0.717, 1.165) is 33.7 Å². The van der Waals surface area contributed by atoms with Crippen LogP contribution in [0.1, 0.15) is 29.8 Å². The van der Waals surface area contributed by atoms with Crippen LogP contribution < -0.4 is 5.32 Å². The summed E-state index contributed by atoms with van der Waals surface area (Å²) in [5, 5.41) is 3.66. The maximum atomic E-state index is 12.4. The average molecular weight is 415 g/mol. The zero-order valence-corrected chi connectivity index (χ0v) is 17.8. The van der Waals surface area contributed by atoms with Gasteiger partial charge in [-0.25, -0.2) is 4.79 Å². The Morgan fingerprint density at radius 1 is 1.36 bits per heavy atom. The van der Waals surface area contributed by atoms with Gasteiger partial charge in [-0.1, -0.05) is 36.7 Å². The lowest BCUT2D eigenvalue weighted by molar-refractivity contribution is 0.0601. The van der Waals surface area contributed by atoms with E-state index in [1.54, 1.807) is 11.8 Å². The molecule has 2 aromatic carbocycles. The fourth-order valence-electron chi connectivity index (χ4n) is 3.16. The number of carbonyl (C=O) groups is 1. The summed E-state index contributed by atoms with van der Waals surface area (Å²) < 4.78 is 4.96. The normalized spacial score (nSPS) is 16.5. The Morgan fingerprint density at radius 2 is 2.18 bits per heavy atom. The predicted octanol–water partition coefficient (Wildman–Crippen LogP) is 5.85. The van der Waals surface area contributed by atoms with Crippen LogP contribution in [0, 0.1) is 0 Å². The average Bonchev–Trinajstić information content (AvgIpc) is 2.79. The van der Waals surface area contributed by atoms with Gasteiger partial charge in [0, 0.05) is 11.1 Å². The van der Waals surface area contributed by atoms with Crippen LogP contribution in [0.15, 0.2) is 51.9 Å². The van der Waals surface area contributed by atoms with E-state index in [2.05, 4.69) is 41.5 Å². The molecular weight excluding hydrogens is 392 g/mol. The lowest BCUT2D eigenvalue weighted by Crippen LogP contribution is -2.09. The molecule has 0 fully saturated rings. The van der Waals surface area contributed by atoms with Crippen LogP contribution in [0.2, 0.25) is 5.02 Å². The van der Waals surface area contributed by atoms with Gasteiger partial charge in [-0.3, -0.25) is 4.99 Å². The van der Waals surface area contributed by atoms with E-state index in [-0.39, 0.29) is 0 Å². The Labute approximate surface area is 175 Å². The summed E-state index contributed by atoms with van der Waals surface area (Å²) in [6.07, 6.45) is 4.64. The number of nitrogens with zero attached hydrogens (tertiary/aromatic N) is 1. The number of carbonyl (C=O) groups excluding carboxylic acids is 1. The van der Waals surface area contributed by atoms with Gasteiger partial charge in [-0.15, -0.1) is 11.8 Å². The number of esters is 1. The third kappa shape index (κ3) is 4.42. The molecule has 0 saturated heterocycles. The van der Waals surface area contributed by atoms with Crippen molar-refractivity contribution in [1.29, 1.82) is 0 Å². The number of ether oxygens (including phenoxy) is 1. The number of hydrogen-bond acceptors (Lipinski definition) is 5. The van der Waals surface area contributed by atoms with Gasteiger partial charge in [0.1, 0.15) is 6.67 Å². The van der Waals surface area contributed by atoms with Gasteiger partial charge in [-0.2, -0.15) is 0 Å². The smallest absolute Gasteiger partial charge is 0.339 e. The fourth-order valence-corrected chi connectivity index (χ4v) is 4.19. The van der Waals surface area contributed by atoms with E-state index in [0.29, 0.717) is 23.7 Å². The molecule has 4 nitrogen and oxygen atoms in total. The quantitative estimate of drug-likeness (QED) is 0.503. The lowest BCUT2D eigenvalue weighted by atomic mass is 9.93. The molecule has 0 spiro atoms. The first-order valence-corrected chi connectivity index (χ1v) is 10.5. The molecule has 2 aromatic rings. The minimum atomic E-state index is -0.454. The molecule has 1 heterocycles. The molecule has 0 amide bonds. The van der Waals surface area contributed by atoms with Crippen LogP contribution in [-0.4, -0.2) is 31.7 Å². The molecule has 3 rings (SSSR count). The number of thioether (sulfide) groups is 1. The summed E-state index contributed by atoms with van der Waals surface area (Å²) in [6.45, 7) is 4.54. The van der Waals surface area contributed by atoms with Gasteiger partial charge >= 0.3 is 5.97 Å². The van der Waals surface area contributed by atoms with Crippen molar-refractivity contribution in [2.45, 2.75) is 25.2 Å². The van der Waals surface area contributed by atoms with E-state index in [4.69, 9.17) is 16.3 Å². The SMILES string of the molecule is CCSc1cccc(-c2cc(C(=O)OC)c(Cl)c3c2C/C=C(C)\C=N/CN3)c1. The van der Waals surface area contributed by atoms with Crippen LogP contribution >= 0.6 is 23.4 Å². The first-order chi connectivity index (χ1) is 13.5. The molecule has 0 aliphatic carbocycles. The third-order valence-electron chi connectivity index (χ3n) is 4.50. The fraction of sp³-hybridized carbons (Fsp3) is 0.273. The molecule has 0 saturated carbocycles. The number of nitrogens with one attached hydrogen (secondary N) is 1. The number of hydrogen-bond donors (Lipinski definition) is 1. The Morgan fingerprint density at radius 3 is 2.93 bits per heavy atom. The number of benzene rings is 2. The number of aliphatic imine (C=N–C) groups is 1. The Balaban J connectivity index is 2.25. The summed E-state index contributed by atoms with van der Waals surface area (Å²) in [5.74, 6) is 0.543. The van der Waals surface area contributed by atoms with Gasteiger partial charge in [-0.05, 0) is 59.6 Å². The second-order valence-electron chi connectivity index (χ2n) is 6.39. The molecule has 1 N–H and O–H groups in total. The van der Waals surface area contributed by atoms with Crippen LogP contribution in [-0.2, 0) is 11.2 Å². The standard InChI is InChI=1S/C22H23ClN2O2S/c1-4-28-16-7-5-6-15(10-16)18-11-19(22(26)27-3)20(23)21-17(18)9-8-14(2)12-24-13-25-21/h5-8,10-12,25H,4,9,13H2,1-3H3/b14-8-,24-12-. The van der Waals surface area contributed by atoms with E-state index >= 15 is 0 Å². The second kappa shape index (κ2) is 9.30. The number of allylic oxidation sites excluding steroid dienone is 2. The molecule has 146 valence electrons. The Hall–Kier alpha value is -2.24. The molecule has 0 radical (unpaired) electrons. The monoisotopic (exact) mass is 414 g/mol. The van der Waals surface area contributed by atoms with Gasteiger partial charge in [0.05, 0.1) is 23.4 Å². The topological polar surface area (TPSA) is 50.7 Å². The molecule has 0 unspecified atom stereocenters. The van der Waals surface area contributed by atoms with Crippen LogP contribution in [0.4, 0.5) is 5.69 Å². The van der Waals surface area contributed by atoms with Crippen molar-refractivity contribution in [3.05, 3.63) is 58.1 Å². The van der Waals surface area contributed by atoms with Crippen LogP contribution in [0.3, 0.4) is 0 Å². The second-order valence-corrected chi connectivity index (χ2v) is 8.11. The maximum absolute atomic E-state index is 12.4. The van der Waals surface area contributed by atoms with Gasteiger partial charge in [0.2, 0.25) is 0 Å². The zero-order valence-electron chi connectivity index (χ0n) is 16.2. The summed E-state index contributed by atoms with van der Waals surface area (Å²) in [4.78, 5) is 17.9. The van der Waals surface area contributed by atoms with E-state index in [9.17, 15) is 4.79 Å². The van der Waals surface area contributed by atoms with Crippen molar-refractivity contribution < 1.29 is 9.53 Å². The molecule has 1 aliphatic rings. The van der Waals surface area contributed by atoms with Gasteiger partial charge < -0.3 is 10.1 Å². The highest BCUT2D eigenvalue weighted by Crippen LogP contribution is 2.39. The minimum Gasteiger partial charge on any atom is -0.465 e. The maximum Gasteiger partial charge on any atom is 0.339 e. The molecule has 6 heteroatoms. The highest BCUT2D eigenvalue weighted by atomic mass is 35.5. The van der Waals surface area contributed by atoms with Crippen LogP contribution in [0.5, 0.6) is 0 Å². The molecule has 0 atom stereocenters. The van der Waals surface area contributed by atoms with E-state index < -0.39 is 5.97 Å². The van der Waals surface area contributed by atoms with Gasteiger partial charge in [0.25, 0.3) is 0 Å². The molecular formula is C22H23ClN2O2S. The highest BCUT2D eigenvalue weighted by Gasteiger charge is 2.22. The van der Waals surface area contributed by atoms with Crippen molar-refractivity contribution in [2.24, 2.45) is 4.99 Å². The van der Waals surface area contributed by atoms with Gasteiger partial charge in [0.15, 0.2) is 0 Å². The van der Waals surface area contributed by atoms with E-state index in [1.807, 2.05) is 25.3 Å². The van der Waals surface area contributed by atoms with Crippen molar-refractivity contribution in [2.75, 3.05) is 24.8 Å². The number of fused-ring (bicyclic) bond motifs is 1. The minimum absolute atomic E-state index is 0.350. The molecule has 1 aliphatic heterocycles. The predicted molar refractivity (Wildman–Crippen MR) is 119 cm³/mol. The molecule has 28 heavy (non-hydrogen) atoms. The summed E-state index contributed by atoms with van der Waals surface area (Å²) in [5.41, 5.74) is 5.23. The first-order valence-electron chi connectivity index (χ1n) is 9.12. The summed E-state index contributed by atoms with van der Waals surface area (Å²) in [6, 6.07) is 10.2. The third-order valence-corrected chi connectivity index (χ3v) is 5.77.